The number of carbonyl (C=O) groups excluding carboxylic acids is 1. The molecule has 4 rings (SSSR count). The van der Waals surface area contributed by atoms with Gasteiger partial charge in [-0.3, -0.25) is 4.79 Å². The number of pyridine rings is 1. The molecule has 2 N–H and O–H groups in total. The van der Waals surface area contributed by atoms with Crippen LogP contribution in [0.4, 0.5) is 11.6 Å². The molecule has 3 aromatic heterocycles. The number of hydrogen-bond donors (Lipinski definition) is 2. The van der Waals surface area contributed by atoms with Gasteiger partial charge in [0.15, 0.2) is 11.6 Å². The Balaban J connectivity index is 1.75. The molecule has 0 radical (unpaired) electrons. The fraction of sp³-hybridized carbons (Fsp3) is 0.105. The number of H-pyrrole nitrogens is 1. The molecule has 140 valence electrons. The Kier molecular flexibility index (Phi) is 4.93. The lowest BCUT2D eigenvalue weighted by Crippen LogP contribution is -2.04. The number of anilines is 2. The lowest BCUT2D eigenvalue weighted by molar-refractivity contribution is 0.0983. The Morgan fingerprint density at radius 3 is 2.68 bits per heavy atom. The number of hydrogen-bond acceptors (Lipinski definition) is 6. The molecule has 0 saturated carbocycles. The molecule has 28 heavy (non-hydrogen) atoms. The maximum absolute atomic E-state index is 11.9. The first-order valence-electron chi connectivity index (χ1n) is 8.48. The van der Waals surface area contributed by atoms with E-state index in [1.807, 2.05) is 0 Å². The fourth-order valence-electron chi connectivity index (χ4n) is 2.75. The van der Waals surface area contributed by atoms with Crippen molar-refractivity contribution < 1.29 is 4.79 Å². The summed E-state index contributed by atoms with van der Waals surface area (Å²) in [7, 11) is 0. The maximum atomic E-state index is 11.9. The van der Waals surface area contributed by atoms with Crippen LogP contribution >= 0.6 is 23.2 Å². The zero-order valence-electron chi connectivity index (χ0n) is 14.7. The number of aromatic nitrogens is 5. The second-order valence-corrected chi connectivity index (χ2v) is 6.74. The Morgan fingerprint density at radius 1 is 1.14 bits per heavy atom. The number of aromatic amines is 1. The topological polar surface area (TPSA) is 96.5 Å². The van der Waals surface area contributed by atoms with Gasteiger partial charge < -0.3 is 10.3 Å². The molecular formula is C19H14Cl2N6O. The van der Waals surface area contributed by atoms with Gasteiger partial charge in [0.05, 0.1) is 21.1 Å². The summed E-state index contributed by atoms with van der Waals surface area (Å²) in [5.41, 5.74) is 2.31. The highest BCUT2D eigenvalue weighted by molar-refractivity contribution is 6.39. The quantitative estimate of drug-likeness (QED) is 0.444. The summed E-state index contributed by atoms with van der Waals surface area (Å²) in [4.78, 5) is 32.2. The Labute approximate surface area is 170 Å². The van der Waals surface area contributed by atoms with Crippen LogP contribution in [-0.2, 0) is 0 Å². The van der Waals surface area contributed by atoms with Crippen LogP contribution in [-0.4, -0.2) is 30.7 Å². The summed E-state index contributed by atoms with van der Waals surface area (Å²) in [5, 5.41) is 4.08. The third-order valence-electron chi connectivity index (χ3n) is 4.12. The molecule has 7 nitrogen and oxygen atoms in total. The van der Waals surface area contributed by atoms with Crippen molar-refractivity contribution in [3.05, 3.63) is 58.6 Å². The van der Waals surface area contributed by atoms with Gasteiger partial charge >= 0.3 is 0 Å². The van der Waals surface area contributed by atoms with E-state index in [0.717, 1.165) is 5.52 Å². The SMILES string of the molecule is CCC(=O)c1cc(Nc2nccc3[nH]c(-c4c(Cl)cccc4Cl)nc23)ncn1. The van der Waals surface area contributed by atoms with Gasteiger partial charge in [-0.2, -0.15) is 0 Å². The van der Waals surface area contributed by atoms with E-state index < -0.39 is 0 Å². The summed E-state index contributed by atoms with van der Waals surface area (Å²) in [6, 6.07) is 8.66. The Morgan fingerprint density at radius 2 is 1.93 bits per heavy atom. The molecule has 0 fully saturated rings. The standard InChI is InChI=1S/C19H14Cl2N6O/c1-2-14(28)13-8-15(24-9-23-13)26-19-17-12(6-7-22-19)25-18(27-17)16-10(20)4-3-5-11(16)21/h3-9H,2H2,1H3,(H,25,27)(H,22,23,24,26). The van der Waals surface area contributed by atoms with E-state index in [0.29, 0.717) is 50.7 Å². The maximum Gasteiger partial charge on any atom is 0.181 e. The second-order valence-electron chi connectivity index (χ2n) is 5.93. The van der Waals surface area contributed by atoms with E-state index >= 15 is 0 Å². The number of benzene rings is 1. The van der Waals surface area contributed by atoms with Crippen molar-refractivity contribution in [3.63, 3.8) is 0 Å². The smallest absolute Gasteiger partial charge is 0.181 e. The number of imidazole rings is 1. The highest BCUT2D eigenvalue weighted by Gasteiger charge is 2.16. The highest BCUT2D eigenvalue weighted by atomic mass is 35.5. The van der Waals surface area contributed by atoms with Crippen LogP contribution < -0.4 is 5.32 Å². The summed E-state index contributed by atoms with van der Waals surface area (Å²) < 4.78 is 0. The van der Waals surface area contributed by atoms with Crippen LogP contribution in [0.1, 0.15) is 23.8 Å². The largest absolute Gasteiger partial charge is 0.338 e. The zero-order chi connectivity index (χ0) is 19.7. The first-order chi connectivity index (χ1) is 13.6. The van der Waals surface area contributed by atoms with Crippen LogP contribution in [0, 0.1) is 0 Å². The third kappa shape index (κ3) is 3.42. The number of nitrogens with zero attached hydrogens (tertiary/aromatic N) is 4. The minimum Gasteiger partial charge on any atom is -0.338 e. The molecule has 0 unspecified atom stereocenters. The van der Waals surface area contributed by atoms with E-state index in [1.54, 1.807) is 43.5 Å². The van der Waals surface area contributed by atoms with Crippen molar-refractivity contribution in [2.75, 3.05) is 5.32 Å². The Hall–Kier alpha value is -3.03. The molecule has 0 atom stereocenters. The molecule has 9 heteroatoms. The number of rotatable bonds is 5. The number of halogens is 2. The monoisotopic (exact) mass is 412 g/mol. The predicted molar refractivity (Wildman–Crippen MR) is 109 cm³/mol. The summed E-state index contributed by atoms with van der Waals surface area (Å²) in [5.74, 6) is 1.40. The van der Waals surface area contributed by atoms with Crippen molar-refractivity contribution in [1.29, 1.82) is 0 Å². The average Bonchev–Trinajstić information content (AvgIpc) is 3.12. The van der Waals surface area contributed by atoms with Crippen molar-refractivity contribution >= 4 is 51.7 Å². The number of ketones is 1. The van der Waals surface area contributed by atoms with Gasteiger partial charge in [-0.25, -0.2) is 19.9 Å². The predicted octanol–water partition coefficient (Wildman–Crippen LogP) is 5.06. The molecule has 0 bridgehead atoms. The Bertz CT molecular complexity index is 1170. The molecular weight excluding hydrogens is 399 g/mol. The van der Waals surface area contributed by atoms with Gasteiger partial charge in [-0.05, 0) is 18.2 Å². The van der Waals surface area contributed by atoms with E-state index in [4.69, 9.17) is 23.2 Å². The lowest BCUT2D eigenvalue weighted by Gasteiger charge is -2.06. The second kappa shape index (κ2) is 7.53. The minimum atomic E-state index is -0.0629. The first-order valence-corrected chi connectivity index (χ1v) is 9.23. The van der Waals surface area contributed by atoms with Gasteiger partial charge in [0.25, 0.3) is 0 Å². The van der Waals surface area contributed by atoms with Gasteiger partial charge in [-0.15, -0.1) is 0 Å². The molecule has 0 aliphatic heterocycles. The molecule has 0 aliphatic rings. The van der Waals surface area contributed by atoms with Crippen molar-refractivity contribution in [2.45, 2.75) is 13.3 Å². The molecule has 0 aliphatic carbocycles. The lowest BCUT2D eigenvalue weighted by atomic mass is 10.2. The summed E-state index contributed by atoms with van der Waals surface area (Å²) in [6.07, 6.45) is 3.34. The molecule has 1 aromatic carbocycles. The van der Waals surface area contributed by atoms with Crippen molar-refractivity contribution in [1.82, 2.24) is 24.9 Å². The van der Waals surface area contributed by atoms with Crippen molar-refractivity contribution in [2.24, 2.45) is 0 Å². The van der Waals surface area contributed by atoms with Gasteiger partial charge in [-0.1, -0.05) is 36.2 Å². The minimum absolute atomic E-state index is 0.0629. The first kappa shape index (κ1) is 18.3. The fourth-order valence-corrected chi connectivity index (χ4v) is 3.33. The molecule has 0 spiro atoms. The van der Waals surface area contributed by atoms with E-state index in [-0.39, 0.29) is 5.78 Å². The van der Waals surface area contributed by atoms with Gasteiger partial charge in [0, 0.05) is 18.7 Å². The van der Waals surface area contributed by atoms with E-state index in [1.165, 1.54) is 6.33 Å². The molecule has 3 heterocycles. The third-order valence-corrected chi connectivity index (χ3v) is 4.75. The number of nitrogens with one attached hydrogen (secondary N) is 2. The van der Waals surface area contributed by atoms with Gasteiger partial charge in [0.1, 0.15) is 29.2 Å². The van der Waals surface area contributed by atoms with Crippen LogP contribution in [0.5, 0.6) is 0 Å². The van der Waals surface area contributed by atoms with Crippen molar-refractivity contribution in [3.8, 4) is 11.4 Å². The molecule has 4 aromatic rings. The summed E-state index contributed by atoms with van der Waals surface area (Å²) in [6.45, 7) is 1.78. The van der Waals surface area contributed by atoms with E-state index in [2.05, 4.69) is 30.2 Å². The number of carbonyl (C=O) groups is 1. The molecule has 0 saturated heterocycles. The highest BCUT2D eigenvalue weighted by Crippen LogP contribution is 2.34. The molecule has 0 amide bonds. The summed E-state index contributed by atoms with van der Waals surface area (Å²) >= 11 is 12.6. The number of fused-ring (bicyclic) bond motifs is 1. The van der Waals surface area contributed by atoms with Crippen LogP contribution in [0.15, 0.2) is 42.9 Å². The van der Waals surface area contributed by atoms with E-state index in [9.17, 15) is 4.79 Å². The van der Waals surface area contributed by atoms with Crippen LogP contribution in [0.3, 0.4) is 0 Å². The van der Waals surface area contributed by atoms with Crippen LogP contribution in [0.2, 0.25) is 10.0 Å². The number of Topliss-reactive ketones (excluding diaryl/α,β-unsaturated/α-hetero) is 1. The zero-order valence-corrected chi connectivity index (χ0v) is 16.2. The van der Waals surface area contributed by atoms with Crippen LogP contribution in [0.25, 0.3) is 22.4 Å². The average molecular weight is 413 g/mol. The normalized spacial score (nSPS) is 11.0. The van der Waals surface area contributed by atoms with Gasteiger partial charge in [0.2, 0.25) is 0 Å².